The molecule has 0 saturated heterocycles. The summed E-state index contributed by atoms with van der Waals surface area (Å²) < 4.78 is 10.9. The number of hydrogen-bond donors (Lipinski definition) is 1. The molecule has 0 aliphatic heterocycles. The van der Waals surface area contributed by atoms with Crippen molar-refractivity contribution in [3.8, 4) is 5.75 Å². The maximum atomic E-state index is 10.3. The Balaban J connectivity index is 1.99. The monoisotopic (exact) mass is 260 g/mol. The van der Waals surface area contributed by atoms with Gasteiger partial charge in [0.15, 0.2) is 0 Å². The fourth-order valence-corrected chi connectivity index (χ4v) is 1.99. The topological polar surface area (TPSA) is 42.6 Å². The lowest BCUT2D eigenvalue weighted by Crippen LogP contribution is -2.04. The number of ether oxygens (including phenoxy) is 1. The van der Waals surface area contributed by atoms with Gasteiger partial charge in [-0.3, -0.25) is 0 Å². The highest BCUT2D eigenvalue weighted by atomic mass is 16.5. The lowest BCUT2D eigenvalue weighted by molar-refractivity contribution is 0.159. The van der Waals surface area contributed by atoms with Crippen LogP contribution >= 0.6 is 0 Å². The first-order chi connectivity index (χ1) is 9.31. The van der Waals surface area contributed by atoms with Crippen molar-refractivity contribution in [2.24, 2.45) is 0 Å². The Morgan fingerprint density at radius 2 is 2.05 bits per heavy atom. The maximum Gasteiger partial charge on any atom is 0.125 e. The lowest BCUT2D eigenvalue weighted by atomic mass is 10.0. The van der Waals surface area contributed by atoms with Gasteiger partial charge in [0.1, 0.15) is 11.5 Å². The minimum atomic E-state index is -0.529. The van der Waals surface area contributed by atoms with Crippen molar-refractivity contribution in [1.29, 1.82) is 0 Å². The van der Waals surface area contributed by atoms with Crippen molar-refractivity contribution in [1.82, 2.24) is 0 Å². The highest BCUT2D eigenvalue weighted by molar-refractivity contribution is 5.35. The van der Waals surface area contributed by atoms with Crippen molar-refractivity contribution in [2.75, 3.05) is 6.61 Å². The average molecular weight is 260 g/mol. The van der Waals surface area contributed by atoms with Crippen LogP contribution in [0.25, 0.3) is 0 Å². The molecule has 1 N–H and O–H groups in total. The average Bonchev–Trinajstić information content (AvgIpc) is 2.96. The zero-order valence-corrected chi connectivity index (χ0v) is 11.2. The molecule has 2 rings (SSSR count). The zero-order chi connectivity index (χ0) is 13.5. The zero-order valence-electron chi connectivity index (χ0n) is 11.2. The second kappa shape index (κ2) is 7.00. The van der Waals surface area contributed by atoms with Crippen LogP contribution in [0.2, 0.25) is 0 Å². The van der Waals surface area contributed by atoms with E-state index in [1.165, 1.54) is 0 Å². The van der Waals surface area contributed by atoms with E-state index in [1.54, 1.807) is 6.26 Å². The van der Waals surface area contributed by atoms with Gasteiger partial charge in [0.05, 0.1) is 19.0 Å². The molecule has 1 aromatic heterocycles. The molecule has 2 aromatic rings. The predicted molar refractivity (Wildman–Crippen MR) is 74.2 cm³/mol. The van der Waals surface area contributed by atoms with Gasteiger partial charge in [-0.25, -0.2) is 0 Å². The van der Waals surface area contributed by atoms with Crippen LogP contribution in [0, 0.1) is 0 Å². The van der Waals surface area contributed by atoms with E-state index in [2.05, 4.69) is 6.92 Å². The Hall–Kier alpha value is -1.74. The van der Waals surface area contributed by atoms with Gasteiger partial charge in [0, 0.05) is 12.0 Å². The van der Waals surface area contributed by atoms with Crippen LogP contribution in [0.3, 0.4) is 0 Å². The predicted octanol–water partition coefficient (Wildman–Crippen LogP) is 3.73. The van der Waals surface area contributed by atoms with Crippen molar-refractivity contribution in [2.45, 2.75) is 32.3 Å². The van der Waals surface area contributed by atoms with Crippen molar-refractivity contribution < 1.29 is 14.3 Å². The molecule has 1 heterocycles. The highest BCUT2D eigenvalue weighted by Gasteiger charge is 2.13. The van der Waals surface area contributed by atoms with Crippen molar-refractivity contribution in [3.63, 3.8) is 0 Å². The lowest BCUT2D eigenvalue weighted by Gasteiger charge is -2.15. The summed E-state index contributed by atoms with van der Waals surface area (Å²) in [5, 5.41) is 10.3. The molecular formula is C16H20O3. The molecule has 0 spiro atoms. The van der Waals surface area contributed by atoms with Crippen LogP contribution < -0.4 is 4.74 Å². The fraction of sp³-hybridized carbons (Fsp3) is 0.375. The summed E-state index contributed by atoms with van der Waals surface area (Å²) in [4.78, 5) is 0. The summed E-state index contributed by atoms with van der Waals surface area (Å²) in [6, 6.07) is 11.4. The Labute approximate surface area is 113 Å². The molecule has 0 fully saturated rings. The Morgan fingerprint density at radius 3 is 2.79 bits per heavy atom. The number of aliphatic hydroxyl groups excluding tert-OH is 1. The summed E-state index contributed by atoms with van der Waals surface area (Å²) in [5.41, 5.74) is 0.850. The third-order valence-electron chi connectivity index (χ3n) is 2.98. The highest BCUT2D eigenvalue weighted by Crippen LogP contribution is 2.28. The van der Waals surface area contributed by atoms with E-state index in [1.807, 2.05) is 36.4 Å². The van der Waals surface area contributed by atoms with E-state index in [0.717, 1.165) is 29.9 Å². The van der Waals surface area contributed by atoms with Crippen LogP contribution in [0.1, 0.15) is 37.2 Å². The number of furan rings is 1. The molecule has 0 amide bonds. The third kappa shape index (κ3) is 3.86. The van der Waals surface area contributed by atoms with Gasteiger partial charge in [-0.1, -0.05) is 25.1 Å². The fourth-order valence-electron chi connectivity index (χ4n) is 1.99. The molecule has 1 atom stereocenters. The molecule has 0 bridgehead atoms. The number of rotatable bonds is 7. The number of aryl methyl sites for hydroxylation is 1. The van der Waals surface area contributed by atoms with Crippen LogP contribution in [0.15, 0.2) is 47.1 Å². The molecule has 0 radical (unpaired) electrons. The summed E-state index contributed by atoms with van der Waals surface area (Å²) in [7, 11) is 0. The molecule has 1 unspecified atom stereocenters. The third-order valence-corrected chi connectivity index (χ3v) is 2.98. The summed E-state index contributed by atoms with van der Waals surface area (Å²) in [6.45, 7) is 2.73. The molecule has 19 heavy (non-hydrogen) atoms. The van der Waals surface area contributed by atoms with E-state index in [0.29, 0.717) is 13.0 Å². The Morgan fingerprint density at radius 1 is 1.21 bits per heavy atom. The number of benzene rings is 1. The molecule has 3 nitrogen and oxygen atoms in total. The molecule has 0 saturated carbocycles. The van der Waals surface area contributed by atoms with E-state index >= 15 is 0 Å². The standard InChI is InChI=1S/C16H20O3/c1-2-11-19-16-8-4-3-7-14(16)15(17)10-9-13-6-5-12-18-13/h3-8,12,15,17H,2,9-11H2,1H3. The maximum absolute atomic E-state index is 10.3. The van der Waals surface area contributed by atoms with E-state index in [9.17, 15) is 5.11 Å². The SMILES string of the molecule is CCCOc1ccccc1C(O)CCc1ccco1. The molecule has 3 heteroatoms. The van der Waals surface area contributed by atoms with Crippen molar-refractivity contribution >= 4 is 0 Å². The molecule has 0 aliphatic carbocycles. The summed E-state index contributed by atoms with van der Waals surface area (Å²) in [5.74, 6) is 1.67. The summed E-state index contributed by atoms with van der Waals surface area (Å²) in [6.07, 6.45) is 3.42. The number of hydrogen-bond acceptors (Lipinski definition) is 3. The van der Waals surface area contributed by atoms with Crippen LogP contribution in [0.5, 0.6) is 5.75 Å². The van der Waals surface area contributed by atoms with Gasteiger partial charge in [-0.15, -0.1) is 0 Å². The smallest absolute Gasteiger partial charge is 0.125 e. The van der Waals surface area contributed by atoms with Gasteiger partial charge < -0.3 is 14.3 Å². The largest absolute Gasteiger partial charge is 0.493 e. The Kier molecular flexibility index (Phi) is 5.04. The quantitative estimate of drug-likeness (QED) is 0.824. The van der Waals surface area contributed by atoms with Gasteiger partial charge in [-0.05, 0) is 31.0 Å². The normalized spacial score (nSPS) is 12.3. The van der Waals surface area contributed by atoms with Gasteiger partial charge >= 0.3 is 0 Å². The van der Waals surface area contributed by atoms with Crippen LogP contribution in [-0.2, 0) is 6.42 Å². The second-order valence-electron chi connectivity index (χ2n) is 4.52. The Bertz CT molecular complexity index is 476. The van der Waals surface area contributed by atoms with Crippen LogP contribution in [-0.4, -0.2) is 11.7 Å². The van der Waals surface area contributed by atoms with E-state index < -0.39 is 6.10 Å². The van der Waals surface area contributed by atoms with E-state index in [4.69, 9.17) is 9.15 Å². The van der Waals surface area contributed by atoms with Gasteiger partial charge in [0.25, 0.3) is 0 Å². The number of para-hydroxylation sites is 1. The minimum absolute atomic E-state index is 0.529. The van der Waals surface area contributed by atoms with Crippen LogP contribution in [0.4, 0.5) is 0 Å². The van der Waals surface area contributed by atoms with Gasteiger partial charge in [0.2, 0.25) is 0 Å². The molecular weight excluding hydrogens is 240 g/mol. The summed E-state index contributed by atoms with van der Waals surface area (Å²) >= 11 is 0. The van der Waals surface area contributed by atoms with Crippen molar-refractivity contribution in [3.05, 3.63) is 54.0 Å². The van der Waals surface area contributed by atoms with Gasteiger partial charge in [-0.2, -0.15) is 0 Å². The molecule has 0 aliphatic rings. The molecule has 1 aromatic carbocycles. The first-order valence-corrected chi connectivity index (χ1v) is 6.73. The first kappa shape index (κ1) is 13.7. The molecule has 102 valence electrons. The second-order valence-corrected chi connectivity index (χ2v) is 4.52. The van der Waals surface area contributed by atoms with E-state index in [-0.39, 0.29) is 0 Å². The number of aliphatic hydroxyl groups is 1. The minimum Gasteiger partial charge on any atom is -0.493 e. The first-order valence-electron chi connectivity index (χ1n) is 6.73.